The molecule has 0 amide bonds. The Balaban J connectivity index is 1.17. The Hall–Kier alpha value is -6.33. The Bertz CT molecular complexity index is 2460. The molecule has 47 heavy (non-hydrogen) atoms. The first-order valence-electron chi connectivity index (χ1n) is 15.8. The van der Waals surface area contributed by atoms with Gasteiger partial charge in [-0.25, -0.2) is 15.0 Å². The lowest BCUT2D eigenvalue weighted by molar-refractivity contribution is 0.931. The summed E-state index contributed by atoms with van der Waals surface area (Å²) < 4.78 is 4.78. The average Bonchev–Trinajstić information content (AvgIpc) is 3.66. The van der Waals surface area contributed by atoms with Gasteiger partial charge in [0.05, 0.1) is 11.0 Å². The van der Waals surface area contributed by atoms with Crippen molar-refractivity contribution in [1.82, 2.24) is 24.1 Å². The molecule has 0 unspecified atom stereocenters. The summed E-state index contributed by atoms with van der Waals surface area (Å²) in [4.78, 5) is 14.7. The maximum Gasteiger partial charge on any atom is 0.163 e. The second-order valence-corrected chi connectivity index (χ2v) is 11.7. The topological polar surface area (TPSA) is 48.5 Å². The molecule has 0 saturated carbocycles. The molecule has 0 aliphatic carbocycles. The van der Waals surface area contributed by atoms with E-state index < -0.39 is 0 Å². The van der Waals surface area contributed by atoms with Gasteiger partial charge in [0.15, 0.2) is 11.6 Å². The van der Waals surface area contributed by atoms with Crippen LogP contribution in [0.4, 0.5) is 0 Å². The number of para-hydroxylation sites is 3. The van der Waals surface area contributed by atoms with Gasteiger partial charge < -0.3 is 0 Å². The third-order valence-corrected chi connectivity index (χ3v) is 8.79. The first kappa shape index (κ1) is 27.0. The minimum atomic E-state index is 0.592. The summed E-state index contributed by atoms with van der Waals surface area (Å²) in [6.45, 7) is 0. The van der Waals surface area contributed by atoms with E-state index in [1.54, 1.807) is 0 Å². The fraction of sp³-hybridized carbons (Fsp3) is 0.0238. The number of aromatic nitrogens is 5. The van der Waals surface area contributed by atoms with Crippen LogP contribution < -0.4 is 0 Å². The predicted molar refractivity (Wildman–Crippen MR) is 191 cm³/mol. The molecule has 9 aromatic rings. The maximum atomic E-state index is 4.92. The van der Waals surface area contributed by atoms with Crippen LogP contribution in [0.15, 0.2) is 164 Å². The molecule has 0 saturated heterocycles. The van der Waals surface area contributed by atoms with E-state index in [-0.39, 0.29) is 0 Å². The van der Waals surface area contributed by atoms with Crippen molar-refractivity contribution >= 4 is 32.8 Å². The minimum Gasteiger partial charge on any atom is -0.295 e. The number of nitrogens with zero attached hydrogens (tertiary/aromatic N) is 5. The third-order valence-electron chi connectivity index (χ3n) is 8.79. The first-order chi connectivity index (χ1) is 23.3. The summed E-state index contributed by atoms with van der Waals surface area (Å²) >= 11 is 0. The number of hydrogen-bond donors (Lipinski definition) is 0. The summed E-state index contributed by atoms with van der Waals surface area (Å²) in [5.41, 5.74) is 8.85. The van der Waals surface area contributed by atoms with Crippen molar-refractivity contribution in [2.45, 2.75) is 6.42 Å². The van der Waals surface area contributed by atoms with Gasteiger partial charge >= 0.3 is 0 Å². The first-order valence-corrected chi connectivity index (χ1v) is 15.8. The molecule has 9 rings (SSSR count). The van der Waals surface area contributed by atoms with Gasteiger partial charge in [-0.05, 0) is 42.0 Å². The molecule has 0 aliphatic heterocycles. The molecular weight excluding hydrogens is 574 g/mol. The van der Waals surface area contributed by atoms with E-state index in [4.69, 9.17) is 15.0 Å². The highest BCUT2D eigenvalue weighted by molar-refractivity contribution is 6.22. The molecule has 0 atom stereocenters. The molecule has 0 bridgehead atoms. The van der Waals surface area contributed by atoms with Crippen LogP contribution in [0.2, 0.25) is 0 Å². The van der Waals surface area contributed by atoms with Crippen LogP contribution in [0, 0.1) is 0 Å². The molecule has 6 aromatic carbocycles. The van der Waals surface area contributed by atoms with E-state index in [1.807, 2.05) is 60.7 Å². The van der Waals surface area contributed by atoms with Crippen molar-refractivity contribution in [2.75, 3.05) is 0 Å². The van der Waals surface area contributed by atoms with Crippen molar-refractivity contribution in [1.29, 1.82) is 0 Å². The van der Waals surface area contributed by atoms with E-state index in [1.165, 1.54) is 27.2 Å². The molecule has 5 nitrogen and oxygen atoms in total. The van der Waals surface area contributed by atoms with Crippen LogP contribution in [-0.4, -0.2) is 24.1 Å². The Kier molecular flexibility index (Phi) is 6.46. The van der Waals surface area contributed by atoms with E-state index in [9.17, 15) is 0 Å². The lowest BCUT2D eigenvalue weighted by Crippen LogP contribution is -2.04. The fourth-order valence-electron chi connectivity index (χ4n) is 6.67. The number of hydrogen-bond acceptors (Lipinski definition) is 3. The molecule has 5 heteroatoms. The molecule has 3 heterocycles. The van der Waals surface area contributed by atoms with Crippen LogP contribution in [-0.2, 0) is 6.42 Å². The Labute approximate surface area is 272 Å². The van der Waals surface area contributed by atoms with E-state index in [0.717, 1.165) is 39.5 Å². The van der Waals surface area contributed by atoms with Crippen molar-refractivity contribution < 1.29 is 0 Å². The zero-order chi connectivity index (χ0) is 31.2. The van der Waals surface area contributed by atoms with Gasteiger partial charge in [0.1, 0.15) is 11.5 Å². The van der Waals surface area contributed by atoms with Gasteiger partial charge in [-0.15, -0.1) is 0 Å². The SMILES string of the molecule is c1ccc(-c2nc(Cc3ccc(-n4c5ccccc5c5c6ccccc6n(-c6ccccc6)c54)cc3)nc(-c3ccccc3)n2)cc1. The van der Waals surface area contributed by atoms with Gasteiger partial charge in [-0.3, -0.25) is 9.13 Å². The summed E-state index contributed by atoms with van der Waals surface area (Å²) in [5, 5.41) is 3.75. The molecule has 3 aromatic heterocycles. The van der Waals surface area contributed by atoms with Crippen LogP contribution >= 0.6 is 0 Å². The molecule has 0 N–H and O–H groups in total. The predicted octanol–water partition coefficient (Wildman–Crippen LogP) is 9.84. The lowest BCUT2D eigenvalue weighted by Gasteiger charge is -2.13. The minimum absolute atomic E-state index is 0.592. The van der Waals surface area contributed by atoms with Gasteiger partial charge in [0.2, 0.25) is 0 Å². The van der Waals surface area contributed by atoms with Crippen molar-refractivity contribution in [2.24, 2.45) is 0 Å². The van der Waals surface area contributed by atoms with Gasteiger partial charge in [-0.1, -0.05) is 127 Å². The van der Waals surface area contributed by atoms with Crippen molar-refractivity contribution in [3.05, 3.63) is 175 Å². The zero-order valence-corrected chi connectivity index (χ0v) is 25.5. The largest absolute Gasteiger partial charge is 0.295 e. The summed E-state index contributed by atoms with van der Waals surface area (Å²) in [6, 6.07) is 57.1. The highest BCUT2D eigenvalue weighted by Crippen LogP contribution is 2.40. The van der Waals surface area contributed by atoms with Crippen LogP contribution in [0.1, 0.15) is 11.4 Å². The van der Waals surface area contributed by atoms with Crippen molar-refractivity contribution in [3.63, 3.8) is 0 Å². The van der Waals surface area contributed by atoms with Crippen LogP contribution in [0.5, 0.6) is 0 Å². The second-order valence-electron chi connectivity index (χ2n) is 11.7. The third kappa shape index (κ3) is 4.68. The summed E-state index contributed by atoms with van der Waals surface area (Å²) in [5.74, 6) is 2.10. The molecule has 0 spiro atoms. The Morgan fingerprint density at radius 3 is 1.38 bits per heavy atom. The lowest BCUT2D eigenvalue weighted by atomic mass is 10.1. The normalized spacial score (nSPS) is 11.5. The highest BCUT2D eigenvalue weighted by atomic mass is 15.1. The van der Waals surface area contributed by atoms with Crippen molar-refractivity contribution in [3.8, 4) is 34.2 Å². The van der Waals surface area contributed by atoms with Crippen LogP contribution in [0.25, 0.3) is 67.0 Å². The van der Waals surface area contributed by atoms with E-state index in [0.29, 0.717) is 18.1 Å². The number of benzene rings is 6. The summed E-state index contributed by atoms with van der Waals surface area (Å²) in [7, 11) is 0. The fourth-order valence-corrected chi connectivity index (χ4v) is 6.67. The van der Waals surface area contributed by atoms with Gasteiger partial charge in [0.25, 0.3) is 0 Å². The molecule has 0 aliphatic rings. The molecular formula is C42H29N5. The molecule has 0 radical (unpaired) electrons. The average molecular weight is 604 g/mol. The van der Waals surface area contributed by atoms with Gasteiger partial charge in [0, 0.05) is 45.1 Å². The number of rotatable bonds is 6. The maximum absolute atomic E-state index is 4.92. The quantitative estimate of drug-likeness (QED) is 0.190. The highest BCUT2D eigenvalue weighted by Gasteiger charge is 2.21. The Morgan fingerprint density at radius 1 is 0.404 bits per heavy atom. The van der Waals surface area contributed by atoms with E-state index >= 15 is 0 Å². The second kappa shape index (κ2) is 11.2. The molecule has 222 valence electrons. The monoisotopic (exact) mass is 603 g/mol. The van der Waals surface area contributed by atoms with Gasteiger partial charge in [-0.2, -0.15) is 0 Å². The summed E-state index contributed by atoms with van der Waals surface area (Å²) in [6.07, 6.45) is 0.592. The zero-order valence-electron chi connectivity index (χ0n) is 25.5. The Morgan fingerprint density at radius 2 is 0.851 bits per heavy atom. The van der Waals surface area contributed by atoms with E-state index in [2.05, 4.69) is 112 Å². The van der Waals surface area contributed by atoms with Crippen LogP contribution in [0.3, 0.4) is 0 Å². The molecule has 0 fully saturated rings. The number of fused-ring (bicyclic) bond motifs is 5. The smallest absolute Gasteiger partial charge is 0.163 e. The standard InChI is InChI=1S/C42H29N5/c1-4-14-30(15-5-1)40-43-38(44-41(45-40)31-16-6-2-7-17-31)28-29-24-26-33(27-25-29)47-37-23-13-11-21-35(37)39-34-20-10-12-22-36(34)46(42(39)47)32-18-8-3-9-19-32/h1-27H,28H2.